The van der Waals surface area contributed by atoms with Gasteiger partial charge in [-0.1, -0.05) is 12.5 Å². The number of aliphatic carboxylic acids is 1. The van der Waals surface area contributed by atoms with Crippen LogP contribution in [0.2, 0.25) is 0 Å². The summed E-state index contributed by atoms with van der Waals surface area (Å²) in [5, 5.41) is 10.2. The van der Waals surface area contributed by atoms with Crippen LogP contribution in [0.3, 0.4) is 0 Å². The van der Waals surface area contributed by atoms with E-state index in [1.54, 1.807) is 24.0 Å². The van der Waals surface area contributed by atoms with E-state index in [4.69, 9.17) is 9.84 Å². The number of pyridine rings is 1. The molecule has 2 aromatic rings. The van der Waals surface area contributed by atoms with Crippen molar-refractivity contribution in [2.75, 3.05) is 6.61 Å². The lowest BCUT2D eigenvalue weighted by Crippen LogP contribution is -2.18. The molecule has 1 N–H and O–H groups in total. The number of benzene rings is 1. The van der Waals surface area contributed by atoms with Crippen molar-refractivity contribution in [3.63, 3.8) is 0 Å². The number of carboxylic acids is 1. The number of nitrogens with zero attached hydrogens (tertiary/aromatic N) is 1. The molecule has 0 aliphatic heterocycles. The summed E-state index contributed by atoms with van der Waals surface area (Å²) in [6.07, 6.45) is 6.50. The van der Waals surface area contributed by atoms with Gasteiger partial charge in [0.25, 0.3) is 0 Å². The fourth-order valence-corrected chi connectivity index (χ4v) is 4.62. The molecule has 28 heavy (non-hydrogen) atoms. The van der Waals surface area contributed by atoms with Gasteiger partial charge < -0.3 is 9.84 Å². The summed E-state index contributed by atoms with van der Waals surface area (Å²) in [7, 11) is 0. The molecule has 0 bridgehead atoms. The first kappa shape index (κ1) is 19.2. The second-order valence-corrected chi connectivity index (χ2v) is 8.94. The highest BCUT2D eigenvalue weighted by molar-refractivity contribution is 8.00. The fourth-order valence-electron chi connectivity index (χ4n) is 3.30. The maximum absolute atomic E-state index is 14.6. The number of ether oxygens (including phenoxy) is 1. The normalized spacial score (nSPS) is 17.8. The van der Waals surface area contributed by atoms with Crippen molar-refractivity contribution >= 4 is 17.7 Å². The lowest BCUT2D eigenvalue weighted by molar-refractivity contribution is -0.138. The van der Waals surface area contributed by atoms with Gasteiger partial charge in [-0.2, -0.15) is 0 Å². The van der Waals surface area contributed by atoms with Crippen LogP contribution >= 0.6 is 11.8 Å². The number of thioether (sulfide) groups is 1. The molecule has 0 saturated heterocycles. The first-order chi connectivity index (χ1) is 13.5. The predicted molar refractivity (Wildman–Crippen MR) is 102 cm³/mol. The summed E-state index contributed by atoms with van der Waals surface area (Å²) < 4.78 is 34.6. The van der Waals surface area contributed by atoms with Crippen LogP contribution in [0.1, 0.15) is 38.5 Å². The molecule has 7 heteroatoms. The molecule has 2 saturated carbocycles. The molecular weight excluding hydrogens is 384 g/mol. The third-order valence-electron chi connectivity index (χ3n) is 5.42. The Morgan fingerprint density at radius 2 is 2.00 bits per heavy atom. The molecule has 1 aromatic carbocycles. The van der Waals surface area contributed by atoms with Crippen LogP contribution in [0.15, 0.2) is 35.5 Å². The van der Waals surface area contributed by atoms with E-state index in [0.29, 0.717) is 29.2 Å². The Balaban J connectivity index is 1.54. The van der Waals surface area contributed by atoms with Gasteiger partial charge >= 0.3 is 5.97 Å². The molecule has 0 spiro atoms. The summed E-state index contributed by atoms with van der Waals surface area (Å²) in [4.78, 5) is 15.3. The molecule has 2 fully saturated rings. The van der Waals surface area contributed by atoms with Gasteiger partial charge in [0, 0.05) is 22.4 Å². The van der Waals surface area contributed by atoms with Gasteiger partial charge in [0.2, 0.25) is 0 Å². The molecule has 0 radical (unpaired) electrons. The van der Waals surface area contributed by atoms with E-state index < -0.39 is 28.8 Å². The minimum atomic E-state index is -0.925. The van der Waals surface area contributed by atoms with E-state index in [1.807, 2.05) is 6.07 Å². The Labute approximate surface area is 166 Å². The van der Waals surface area contributed by atoms with Crippen molar-refractivity contribution < 1.29 is 23.4 Å². The monoisotopic (exact) mass is 405 g/mol. The average Bonchev–Trinajstić information content (AvgIpc) is 3.36. The van der Waals surface area contributed by atoms with E-state index in [1.165, 1.54) is 18.6 Å². The Kier molecular flexibility index (Phi) is 5.27. The lowest BCUT2D eigenvalue weighted by Gasteiger charge is -2.25. The Morgan fingerprint density at radius 3 is 2.57 bits per heavy atom. The maximum Gasteiger partial charge on any atom is 0.304 e. The van der Waals surface area contributed by atoms with Crippen LogP contribution < -0.4 is 4.74 Å². The maximum atomic E-state index is 14.6. The molecule has 4 nitrogen and oxygen atoms in total. The number of hydrogen-bond acceptors (Lipinski definition) is 4. The molecule has 0 atom stereocenters. The molecule has 1 heterocycles. The zero-order valence-electron chi connectivity index (χ0n) is 15.3. The summed E-state index contributed by atoms with van der Waals surface area (Å²) in [5.41, 5.74) is 0.622. The third kappa shape index (κ3) is 4.14. The van der Waals surface area contributed by atoms with Crippen LogP contribution in [0.25, 0.3) is 11.1 Å². The minimum Gasteiger partial charge on any atom is -0.487 e. The standard InChI is InChI=1S/C21H21F2NO3S/c22-16-9-13(15-5-2-8-24-20(15)28-14-3-1-4-14)10-17(23)19(16)27-12-21(6-7-21)11-18(25)26/h2,5,8-10,14H,1,3-4,6-7,11-12H2,(H,25,26). The molecule has 1 aromatic heterocycles. The summed E-state index contributed by atoms with van der Waals surface area (Å²) in [6.45, 7) is 0.00214. The summed E-state index contributed by atoms with van der Waals surface area (Å²) in [6, 6.07) is 6.09. The number of rotatable bonds is 8. The first-order valence-corrected chi connectivity index (χ1v) is 10.3. The number of carbonyl (C=O) groups is 1. The van der Waals surface area contributed by atoms with Gasteiger partial charge in [-0.15, -0.1) is 11.8 Å². The average molecular weight is 405 g/mol. The van der Waals surface area contributed by atoms with E-state index >= 15 is 0 Å². The molecule has 2 aliphatic carbocycles. The van der Waals surface area contributed by atoms with Gasteiger partial charge in [-0.3, -0.25) is 4.79 Å². The molecule has 148 valence electrons. The van der Waals surface area contributed by atoms with E-state index in [9.17, 15) is 13.6 Å². The van der Waals surface area contributed by atoms with Crippen LogP contribution in [0, 0.1) is 17.0 Å². The number of halogens is 2. The van der Waals surface area contributed by atoms with Crippen molar-refractivity contribution in [2.45, 2.75) is 48.8 Å². The minimum absolute atomic E-state index is 0.00214. The Morgan fingerprint density at radius 1 is 1.29 bits per heavy atom. The highest BCUT2D eigenvalue weighted by atomic mass is 32.2. The topological polar surface area (TPSA) is 59.4 Å². The first-order valence-electron chi connectivity index (χ1n) is 9.41. The van der Waals surface area contributed by atoms with Gasteiger partial charge in [-0.05, 0) is 49.4 Å². The largest absolute Gasteiger partial charge is 0.487 e. The summed E-state index contributed by atoms with van der Waals surface area (Å²) >= 11 is 1.65. The summed E-state index contributed by atoms with van der Waals surface area (Å²) in [5.74, 6) is -2.95. The quantitative estimate of drug-likeness (QED) is 0.645. The van der Waals surface area contributed by atoms with Gasteiger partial charge in [0.05, 0.1) is 13.0 Å². The van der Waals surface area contributed by atoms with Crippen LogP contribution in [0.5, 0.6) is 5.75 Å². The fraction of sp³-hybridized carbons (Fsp3) is 0.429. The lowest BCUT2D eigenvalue weighted by atomic mass is 10.00. The number of aromatic nitrogens is 1. The molecule has 4 rings (SSSR count). The van der Waals surface area contributed by atoms with Crippen molar-refractivity contribution in [3.8, 4) is 16.9 Å². The van der Waals surface area contributed by atoms with Gasteiger partial charge in [0.1, 0.15) is 5.03 Å². The van der Waals surface area contributed by atoms with Crippen LogP contribution in [-0.4, -0.2) is 27.9 Å². The third-order valence-corrected chi connectivity index (χ3v) is 6.77. The van der Waals surface area contributed by atoms with Gasteiger partial charge in [-0.25, -0.2) is 13.8 Å². The Hall–Kier alpha value is -2.15. The predicted octanol–water partition coefficient (Wildman–Crippen LogP) is 5.31. The smallest absolute Gasteiger partial charge is 0.304 e. The molecular formula is C21H21F2NO3S. The molecule has 2 aliphatic rings. The second kappa shape index (κ2) is 7.70. The van der Waals surface area contributed by atoms with Gasteiger partial charge in [0.15, 0.2) is 17.4 Å². The van der Waals surface area contributed by atoms with E-state index in [-0.39, 0.29) is 13.0 Å². The van der Waals surface area contributed by atoms with Crippen molar-refractivity contribution in [1.29, 1.82) is 0 Å². The zero-order chi connectivity index (χ0) is 19.7. The van der Waals surface area contributed by atoms with Crippen molar-refractivity contribution in [2.24, 2.45) is 5.41 Å². The van der Waals surface area contributed by atoms with Crippen LogP contribution in [-0.2, 0) is 4.79 Å². The number of carboxylic acid groups (broad SMARTS) is 1. The van der Waals surface area contributed by atoms with Crippen molar-refractivity contribution in [3.05, 3.63) is 42.1 Å². The zero-order valence-corrected chi connectivity index (χ0v) is 16.1. The van der Waals surface area contributed by atoms with E-state index in [2.05, 4.69) is 4.98 Å². The molecule has 0 amide bonds. The van der Waals surface area contributed by atoms with E-state index in [0.717, 1.165) is 17.9 Å². The SMILES string of the molecule is O=C(O)CC1(COc2c(F)cc(-c3cccnc3SC3CCC3)cc2F)CC1. The highest BCUT2D eigenvalue weighted by Crippen LogP contribution is 2.49. The second-order valence-electron chi connectivity index (χ2n) is 7.66. The number of hydrogen-bond donors (Lipinski definition) is 1. The Bertz CT molecular complexity index is 874. The van der Waals surface area contributed by atoms with Crippen LogP contribution in [0.4, 0.5) is 8.78 Å². The van der Waals surface area contributed by atoms with Crippen molar-refractivity contribution in [1.82, 2.24) is 4.98 Å². The highest BCUT2D eigenvalue weighted by Gasteiger charge is 2.45. The molecule has 0 unspecified atom stereocenters.